The minimum Gasteiger partial charge on any atom is -0.444 e. The second-order valence-corrected chi connectivity index (χ2v) is 8.16. The van der Waals surface area contributed by atoms with E-state index in [1.807, 2.05) is 33.9 Å². The molecule has 3 rings (SSSR count). The number of piperidine rings is 1. The number of anilines is 1. The number of aryl methyl sites for hydroxylation is 1. The van der Waals surface area contributed by atoms with E-state index >= 15 is 0 Å². The Bertz CT molecular complexity index is 791. The lowest BCUT2D eigenvalue weighted by Gasteiger charge is -2.33. The molecule has 0 unspecified atom stereocenters. The average Bonchev–Trinajstić information content (AvgIpc) is 2.92. The van der Waals surface area contributed by atoms with Gasteiger partial charge in [0.15, 0.2) is 0 Å². The summed E-state index contributed by atoms with van der Waals surface area (Å²) in [6.07, 6.45) is 3.52. The minimum atomic E-state index is -0.473. The maximum atomic E-state index is 11.8. The molecule has 1 aliphatic heterocycles. The van der Waals surface area contributed by atoms with Gasteiger partial charge >= 0.3 is 6.09 Å². The summed E-state index contributed by atoms with van der Waals surface area (Å²) in [6, 6.07) is 0. The molecule has 26 heavy (non-hydrogen) atoms. The van der Waals surface area contributed by atoms with Gasteiger partial charge in [-0.15, -0.1) is 0 Å². The molecule has 3 heterocycles. The molecule has 2 aromatic rings. The van der Waals surface area contributed by atoms with Crippen molar-refractivity contribution in [3.8, 4) is 0 Å². The van der Waals surface area contributed by atoms with E-state index in [2.05, 4.69) is 25.2 Å². The van der Waals surface area contributed by atoms with Crippen LogP contribution in [0, 0.1) is 12.8 Å². The predicted molar refractivity (Wildman–Crippen MR) is 103 cm³/mol. The first-order valence-corrected chi connectivity index (χ1v) is 9.34. The Labute approximate surface area is 158 Å². The van der Waals surface area contributed by atoms with Crippen LogP contribution in [0.2, 0.25) is 5.28 Å². The number of nitrogens with one attached hydrogen (secondary N) is 2. The van der Waals surface area contributed by atoms with E-state index in [9.17, 15) is 4.79 Å². The van der Waals surface area contributed by atoms with Gasteiger partial charge in [0.1, 0.15) is 17.1 Å². The number of hydrogen-bond donors (Lipinski definition) is 2. The van der Waals surface area contributed by atoms with Gasteiger partial charge in [0.25, 0.3) is 0 Å². The molecule has 0 atom stereocenters. The lowest BCUT2D eigenvalue weighted by molar-refractivity contribution is 0.0517. The lowest BCUT2D eigenvalue weighted by Crippen LogP contribution is -2.40. The summed E-state index contributed by atoms with van der Waals surface area (Å²) in [5.41, 5.74) is 1.41. The first kappa shape index (κ1) is 18.8. The number of H-pyrrole nitrogens is 1. The molecule has 1 fully saturated rings. The average molecular weight is 380 g/mol. The molecule has 0 saturated carbocycles. The van der Waals surface area contributed by atoms with E-state index in [4.69, 9.17) is 16.3 Å². The number of carbonyl (C=O) groups excluding carboxylic acids is 1. The van der Waals surface area contributed by atoms with E-state index in [0.717, 1.165) is 48.3 Å². The molecule has 7 nitrogen and oxygen atoms in total. The Morgan fingerprint density at radius 3 is 2.73 bits per heavy atom. The number of amides is 1. The standard InChI is InChI=1S/C18H26ClN5O2/c1-11-9-20-14-13(11)15(23-16(19)22-14)24-7-5-12(6-8-24)10-21-17(25)26-18(2,3)4/h9,12H,5-8,10H2,1-4H3,(H,21,25)(H,20,22,23). The number of ether oxygens (including phenoxy) is 1. The Morgan fingerprint density at radius 2 is 2.08 bits per heavy atom. The highest BCUT2D eigenvalue weighted by Crippen LogP contribution is 2.30. The Kier molecular flexibility index (Phi) is 5.27. The van der Waals surface area contributed by atoms with Gasteiger partial charge in [-0.05, 0) is 63.6 Å². The van der Waals surface area contributed by atoms with Crippen LogP contribution in [0.1, 0.15) is 39.2 Å². The van der Waals surface area contributed by atoms with Crippen molar-refractivity contribution in [3.63, 3.8) is 0 Å². The molecule has 142 valence electrons. The van der Waals surface area contributed by atoms with Gasteiger partial charge in [-0.25, -0.2) is 4.79 Å². The van der Waals surface area contributed by atoms with Crippen LogP contribution >= 0.6 is 11.6 Å². The second-order valence-electron chi connectivity index (χ2n) is 7.82. The monoisotopic (exact) mass is 379 g/mol. The molecule has 0 radical (unpaired) electrons. The summed E-state index contributed by atoms with van der Waals surface area (Å²) in [5.74, 6) is 1.32. The molecule has 8 heteroatoms. The SMILES string of the molecule is Cc1c[nH]c2nc(Cl)nc(N3CCC(CNC(=O)OC(C)(C)C)CC3)c12. The molecule has 2 aromatic heterocycles. The molecule has 0 aliphatic carbocycles. The van der Waals surface area contributed by atoms with Crippen LogP contribution in [0.25, 0.3) is 11.0 Å². The van der Waals surface area contributed by atoms with Crippen LogP contribution in [0.5, 0.6) is 0 Å². The molecule has 0 spiro atoms. The fourth-order valence-corrected chi connectivity index (χ4v) is 3.42. The number of halogens is 1. The molecule has 0 bridgehead atoms. The summed E-state index contributed by atoms with van der Waals surface area (Å²) in [7, 11) is 0. The van der Waals surface area contributed by atoms with Gasteiger partial charge in [-0.3, -0.25) is 0 Å². The first-order valence-electron chi connectivity index (χ1n) is 8.96. The molecule has 1 amide bonds. The van der Waals surface area contributed by atoms with Gasteiger partial charge in [0.05, 0.1) is 5.39 Å². The molecule has 1 aliphatic rings. The van der Waals surface area contributed by atoms with Crippen LogP contribution in [-0.2, 0) is 4.74 Å². The van der Waals surface area contributed by atoms with Crippen LogP contribution in [-0.4, -0.2) is 46.3 Å². The van der Waals surface area contributed by atoms with Crippen molar-refractivity contribution in [2.45, 2.75) is 46.1 Å². The van der Waals surface area contributed by atoms with Gasteiger partial charge in [0, 0.05) is 25.8 Å². The maximum absolute atomic E-state index is 11.8. The minimum absolute atomic E-state index is 0.253. The number of rotatable bonds is 3. The largest absolute Gasteiger partial charge is 0.444 e. The van der Waals surface area contributed by atoms with E-state index in [1.165, 1.54) is 0 Å². The van der Waals surface area contributed by atoms with Crippen molar-refractivity contribution >= 4 is 34.5 Å². The lowest BCUT2D eigenvalue weighted by atomic mass is 9.96. The van der Waals surface area contributed by atoms with Crippen molar-refractivity contribution < 1.29 is 9.53 Å². The van der Waals surface area contributed by atoms with Crippen molar-refractivity contribution in [1.82, 2.24) is 20.3 Å². The summed E-state index contributed by atoms with van der Waals surface area (Å²) in [4.78, 5) is 25.9. The summed E-state index contributed by atoms with van der Waals surface area (Å²) in [5, 5.41) is 4.16. The number of fused-ring (bicyclic) bond motifs is 1. The number of aromatic nitrogens is 3. The fraction of sp³-hybridized carbons (Fsp3) is 0.611. The number of alkyl carbamates (subject to hydrolysis) is 1. The van der Waals surface area contributed by atoms with Crippen LogP contribution < -0.4 is 10.2 Å². The fourth-order valence-electron chi connectivity index (χ4n) is 3.26. The van der Waals surface area contributed by atoms with Gasteiger partial charge in [-0.1, -0.05) is 0 Å². The molecular weight excluding hydrogens is 354 g/mol. The van der Waals surface area contributed by atoms with Gasteiger partial charge < -0.3 is 19.9 Å². The third kappa shape index (κ3) is 4.38. The molecule has 2 N–H and O–H groups in total. The normalized spacial score (nSPS) is 16.1. The quantitative estimate of drug-likeness (QED) is 0.795. The van der Waals surface area contributed by atoms with E-state index in [0.29, 0.717) is 12.5 Å². The third-order valence-electron chi connectivity index (χ3n) is 4.53. The van der Waals surface area contributed by atoms with Gasteiger partial charge in [-0.2, -0.15) is 9.97 Å². The van der Waals surface area contributed by atoms with Gasteiger partial charge in [0.2, 0.25) is 5.28 Å². The number of nitrogens with zero attached hydrogens (tertiary/aromatic N) is 3. The zero-order chi connectivity index (χ0) is 18.9. The molecule has 1 saturated heterocycles. The number of carbonyl (C=O) groups is 1. The summed E-state index contributed by atoms with van der Waals surface area (Å²) < 4.78 is 5.29. The smallest absolute Gasteiger partial charge is 0.407 e. The third-order valence-corrected chi connectivity index (χ3v) is 4.70. The van der Waals surface area contributed by atoms with E-state index < -0.39 is 5.60 Å². The first-order chi connectivity index (χ1) is 12.2. The van der Waals surface area contributed by atoms with Crippen LogP contribution in [0.15, 0.2) is 6.20 Å². The Balaban J connectivity index is 1.59. The zero-order valence-corrected chi connectivity index (χ0v) is 16.5. The van der Waals surface area contributed by atoms with E-state index in [-0.39, 0.29) is 11.4 Å². The van der Waals surface area contributed by atoms with Crippen molar-refractivity contribution in [3.05, 3.63) is 17.0 Å². The molecular formula is C18H26ClN5O2. The van der Waals surface area contributed by atoms with Crippen molar-refractivity contribution in [2.24, 2.45) is 5.92 Å². The maximum Gasteiger partial charge on any atom is 0.407 e. The van der Waals surface area contributed by atoms with Crippen LogP contribution in [0.4, 0.5) is 10.6 Å². The Hall–Kier alpha value is -2.02. The number of aromatic amines is 1. The summed E-state index contributed by atoms with van der Waals surface area (Å²) >= 11 is 6.09. The topological polar surface area (TPSA) is 83.1 Å². The van der Waals surface area contributed by atoms with E-state index in [1.54, 1.807) is 0 Å². The van der Waals surface area contributed by atoms with Crippen LogP contribution in [0.3, 0.4) is 0 Å². The highest BCUT2D eigenvalue weighted by Gasteiger charge is 2.24. The highest BCUT2D eigenvalue weighted by atomic mass is 35.5. The van der Waals surface area contributed by atoms with Crippen molar-refractivity contribution in [1.29, 1.82) is 0 Å². The highest BCUT2D eigenvalue weighted by molar-refractivity contribution is 6.28. The summed E-state index contributed by atoms with van der Waals surface area (Å²) in [6.45, 7) is 10.00. The zero-order valence-electron chi connectivity index (χ0n) is 15.7. The predicted octanol–water partition coefficient (Wildman–Crippen LogP) is 3.66. The number of hydrogen-bond acceptors (Lipinski definition) is 5. The van der Waals surface area contributed by atoms with Crippen molar-refractivity contribution in [2.75, 3.05) is 24.5 Å². The Morgan fingerprint density at radius 1 is 1.38 bits per heavy atom. The molecule has 0 aromatic carbocycles. The second kappa shape index (κ2) is 7.31.